The zero-order chi connectivity index (χ0) is 21.8. The van der Waals surface area contributed by atoms with Gasteiger partial charge in [-0.3, -0.25) is 4.99 Å². The van der Waals surface area contributed by atoms with Crippen molar-refractivity contribution in [3.05, 3.63) is 114 Å². The summed E-state index contributed by atoms with van der Waals surface area (Å²) in [5.74, 6) is 2.94. The number of hydrogen-bond acceptors (Lipinski definition) is 3. The van der Waals surface area contributed by atoms with Gasteiger partial charge < -0.3 is 9.15 Å². The maximum atomic E-state index is 6.09. The van der Waals surface area contributed by atoms with Crippen molar-refractivity contribution in [2.45, 2.75) is 19.9 Å². The van der Waals surface area contributed by atoms with Crippen LogP contribution in [0.15, 0.2) is 113 Å². The van der Waals surface area contributed by atoms with Crippen molar-refractivity contribution in [1.29, 1.82) is 0 Å². The van der Waals surface area contributed by atoms with Gasteiger partial charge >= 0.3 is 0 Å². The number of para-hydroxylation sites is 3. The Kier molecular flexibility index (Phi) is 5.71. The van der Waals surface area contributed by atoms with Crippen LogP contribution in [0, 0.1) is 5.92 Å². The Bertz CT molecular complexity index is 1280. The Morgan fingerprint density at radius 1 is 0.906 bits per heavy atom. The Hall–Kier alpha value is -3.85. The smallest absolute Gasteiger partial charge is 0.135 e. The first-order chi connectivity index (χ1) is 15.7. The molecule has 1 aromatic heterocycles. The van der Waals surface area contributed by atoms with Gasteiger partial charge in [-0.25, -0.2) is 0 Å². The SMILES string of the molecule is CC1C=C(c2cc3ccccc3o2)C=CC(=NCc2ccccc2Oc2ccccc2)C1. The minimum absolute atomic E-state index is 0.364. The Morgan fingerprint density at radius 2 is 1.69 bits per heavy atom. The Labute approximate surface area is 188 Å². The molecule has 0 spiro atoms. The van der Waals surface area contributed by atoms with Gasteiger partial charge in [-0.2, -0.15) is 0 Å². The van der Waals surface area contributed by atoms with Crippen LogP contribution in [0.3, 0.4) is 0 Å². The normalized spacial score (nSPS) is 17.3. The summed E-state index contributed by atoms with van der Waals surface area (Å²) in [5, 5.41) is 1.12. The molecule has 0 bridgehead atoms. The maximum absolute atomic E-state index is 6.09. The number of rotatable bonds is 5. The van der Waals surface area contributed by atoms with Crippen LogP contribution in [0.5, 0.6) is 11.5 Å². The van der Waals surface area contributed by atoms with Gasteiger partial charge in [0.25, 0.3) is 0 Å². The Morgan fingerprint density at radius 3 is 2.56 bits per heavy atom. The van der Waals surface area contributed by atoms with E-state index in [1.807, 2.05) is 66.7 Å². The third kappa shape index (κ3) is 4.57. The first-order valence-corrected chi connectivity index (χ1v) is 11.0. The third-order valence-corrected chi connectivity index (χ3v) is 5.56. The maximum Gasteiger partial charge on any atom is 0.135 e. The molecule has 0 aliphatic heterocycles. The first-order valence-electron chi connectivity index (χ1n) is 11.0. The van der Waals surface area contributed by atoms with Crippen LogP contribution in [-0.4, -0.2) is 5.71 Å². The lowest BCUT2D eigenvalue weighted by atomic mass is 10.0. The number of nitrogens with zero attached hydrogens (tertiary/aromatic N) is 1. The number of hydrogen-bond donors (Lipinski definition) is 0. The van der Waals surface area contributed by atoms with Crippen molar-refractivity contribution >= 4 is 22.3 Å². The highest BCUT2D eigenvalue weighted by molar-refractivity contribution is 5.99. The fraction of sp³-hybridized carbons (Fsp3) is 0.138. The van der Waals surface area contributed by atoms with Crippen molar-refractivity contribution in [2.24, 2.45) is 10.9 Å². The predicted molar refractivity (Wildman–Crippen MR) is 131 cm³/mol. The van der Waals surface area contributed by atoms with Crippen LogP contribution in [0.25, 0.3) is 16.5 Å². The number of allylic oxidation sites excluding steroid dienone is 4. The molecular weight excluding hydrogens is 394 g/mol. The van der Waals surface area contributed by atoms with Crippen molar-refractivity contribution < 1.29 is 9.15 Å². The van der Waals surface area contributed by atoms with E-state index in [1.165, 1.54) is 0 Å². The molecule has 3 nitrogen and oxygen atoms in total. The fourth-order valence-corrected chi connectivity index (χ4v) is 3.95. The average Bonchev–Trinajstić information content (AvgIpc) is 3.16. The second-order valence-electron chi connectivity index (χ2n) is 8.12. The summed E-state index contributed by atoms with van der Waals surface area (Å²) in [5.41, 5.74) is 4.17. The van der Waals surface area contributed by atoms with Crippen LogP contribution in [0.1, 0.15) is 24.7 Å². The molecule has 0 saturated heterocycles. The highest BCUT2D eigenvalue weighted by Gasteiger charge is 2.13. The van der Waals surface area contributed by atoms with Gasteiger partial charge in [0.15, 0.2) is 0 Å². The molecule has 0 fully saturated rings. The third-order valence-electron chi connectivity index (χ3n) is 5.56. The van der Waals surface area contributed by atoms with Crippen LogP contribution in [0.4, 0.5) is 0 Å². The van der Waals surface area contributed by atoms with Gasteiger partial charge in [0.1, 0.15) is 22.8 Å². The molecule has 1 heterocycles. The summed E-state index contributed by atoms with van der Waals surface area (Å²) >= 11 is 0. The summed E-state index contributed by atoms with van der Waals surface area (Å²) in [7, 11) is 0. The Balaban J connectivity index is 1.35. The highest BCUT2D eigenvalue weighted by atomic mass is 16.5. The van der Waals surface area contributed by atoms with Gasteiger partial charge in [-0.1, -0.05) is 67.6 Å². The van der Waals surface area contributed by atoms with E-state index in [2.05, 4.69) is 43.4 Å². The summed E-state index contributed by atoms with van der Waals surface area (Å²) in [6.45, 7) is 2.80. The molecular formula is C29H25NO2. The second kappa shape index (κ2) is 9.11. The molecule has 32 heavy (non-hydrogen) atoms. The monoisotopic (exact) mass is 419 g/mol. The van der Waals surface area contributed by atoms with E-state index in [-0.39, 0.29) is 0 Å². The lowest BCUT2D eigenvalue weighted by Gasteiger charge is -2.10. The van der Waals surface area contributed by atoms with Gasteiger partial charge in [-0.15, -0.1) is 0 Å². The molecule has 3 aromatic carbocycles. The average molecular weight is 420 g/mol. The molecule has 1 atom stereocenters. The number of ether oxygens (including phenoxy) is 1. The van der Waals surface area contributed by atoms with E-state index >= 15 is 0 Å². The van der Waals surface area contributed by atoms with Crippen LogP contribution < -0.4 is 4.74 Å². The fourth-order valence-electron chi connectivity index (χ4n) is 3.95. The van der Waals surface area contributed by atoms with Gasteiger partial charge in [0, 0.05) is 22.2 Å². The van der Waals surface area contributed by atoms with Crippen LogP contribution in [-0.2, 0) is 6.54 Å². The summed E-state index contributed by atoms with van der Waals surface area (Å²) < 4.78 is 12.2. The summed E-state index contributed by atoms with van der Waals surface area (Å²) in [4.78, 5) is 4.92. The molecule has 0 radical (unpaired) electrons. The predicted octanol–water partition coefficient (Wildman–Crippen LogP) is 7.85. The molecule has 1 aliphatic carbocycles. The largest absolute Gasteiger partial charge is 0.457 e. The van der Waals surface area contributed by atoms with E-state index in [4.69, 9.17) is 14.1 Å². The first kappa shape index (κ1) is 20.1. The zero-order valence-electron chi connectivity index (χ0n) is 18.1. The van der Waals surface area contributed by atoms with E-state index in [9.17, 15) is 0 Å². The van der Waals surface area contributed by atoms with E-state index in [0.717, 1.165) is 51.5 Å². The molecule has 4 aromatic rings. The van der Waals surface area contributed by atoms with Crippen molar-refractivity contribution in [1.82, 2.24) is 0 Å². The molecule has 0 amide bonds. The number of aliphatic imine (C=N–C) groups is 1. The summed E-state index contributed by atoms with van der Waals surface area (Å²) in [6, 6.07) is 28.2. The summed E-state index contributed by atoms with van der Waals surface area (Å²) in [6.07, 6.45) is 7.39. The van der Waals surface area contributed by atoms with Crippen molar-refractivity contribution in [2.75, 3.05) is 0 Å². The molecule has 1 aliphatic rings. The lowest BCUT2D eigenvalue weighted by molar-refractivity contribution is 0.476. The van der Waals surface area contributed by atoms with Gasteiger partial charge in [0.2, 0.25) is 0 Å². The molecule has 158 valence electrons. The van der Waals surface area contributed by atoms with E-state index < -0.39 is 0 Å². The molecule has 0 N–H and O–H groups in total. The van der Waals surface area contributed by atoms with Crippen LogP contribution >= 0.6 is 0 Å². The van der Waals surface area contributed by atoms with Gasteiger partial charge in [-0.05, 0) is 54.8 Å². The molecule has 1 unspecified atom stereocenters. The minimum Gasteiger partial charge on any atom is -0.457 e. The second-order valence-corrected chi connectivity index (χ2v) is 8.12. The minimum atomic E-state index is 0.364. The van der Waals surface area contributed by atoms with Gasteiger partial charge in [0.05, 0.1) is 6.54 Å². The van der Waals surface area contributed by atoms with Crippen LogP contribution in [0.2, 0.25) is 0 Å². The standard InChI is InChI=1S/C29H25NO2/c1-21-17-23(29-19-22-9-5-7-13-27(22)32-29)15-16-25(18-21)30-20-24-10-6-8-14-28(24)31-26-11-3-2-4-12-26/h2-17,19,21H,18,20H2,1H3. The van der Waals surface area contributed by atoms with Crippen molar-refractivity contribution in [3.8, 4) is 11.5 Å². The molecule has 5 rings (SSSR count). The van der Waals surface area contributed by atoms with E-state index in [0.29, 0.717) is 12.5 Å². The highest BCUT2D eigenvalue weighted by Crippen LogP contribution is 2.29. The number of furan rings is 1. The van der Waals surface area contributed by atoms with Crippen molar-refractivity contribution in [3.63, 3.8) is 0 Å². The number of fused-ring (bicyclic) bond motifs is 1. The quantitative estimate of drug-likeness (QED) is 0.330. The topological polar surface area (TPSA) is 34.7 Å². The van der Waals surface area contributed by atoms with E-state index in [1.54, 1.807) is 0 Å². The molecule has 0 saturated carbocycles. The molecule has 3 heteroatoms. The lowest BCUT2D eigenvalue weighted by Crippen LogP contribution is -2.01. The number of benzene rings is 3. The zero-order valence-corrected chi connectivity index (χ0v) is 18.1.